The Bertz CT molecular complexity index is 651. The largest absolute Gasteiger partial charge is 0.342 e. The van der Waals surface area contributed by atoms with Crippen molar-refractivity contribution in [2.45, 2.75) is 13.5 Å². The lowest BCUT2D eigenvalue weighted by Crippen LogP contribution is -2.37. The number of nitrogens with one attached hydrogen (secondary N) is 1. The van der Waals surface area contributed by atoms with Gasteiger partial charge in [-0.25, -0.2) is 0 Å². The summed E-state index contributed by atoms with van der Waals surface area (Å²) < 4.78 is 1.04. The van der Waals surface area contributed by atoms with Crippen LogP contribution < -0.4 is 5.32 Å². The van der Waals surface area contributed by atoms with Crippen LogP contribution in [0.4, 0.5) is 0 Å². The number of nitrogens with zero attached hydrogens (tertiary/aromatic N) is 1. The number of hydrogen-bond donors (Lipinski definition) is 1. The van der Waals surface area contributed by atoms with Gasteiger partial charge >= 0.3 is 0 Å². The van der Waals surface area contributed by atoms with Crippen LogP contribution in [0.5, 0.6) is 0 Å². The molecule has 4 nitrogen and oxygen atoms in total. The molecule has 0 aliphatic carbocycles. The van der Waals surface area contributed by atoms with Crippen molar-refractivity contribution in [1.29, 1.82) is 0 Å². The van der Waals surface area contributed by atoms with Gasteiger partial charge in [-0.3, -0.25) is 9.59 Å². The van der Waals surface area contributed by atoms with Crippen molar-refractivity contribution in [3.05, 3.63) is 42.7 Å². The monoisotopic (exact) mass is 386 g/mol. The van der Waals surface area contributed by atoms with Crippen LogP contribution in [-0.4, -0.2) is 30.3 Å². The molecule has 0 radical (unpaired) electrons. The summed E-state index contributed by atoms with van der Waals surface area (Å²) in [7, 11) is 1.73. The van der Waals surface area contributed by atoms with Gasteiger partial charge in [-0.15, -0.1) is 22.7 Å². The van der Waals surface area contributed by atoms with Crippen molar-refractivity contribution in [2.24, 2.45) is 0 Å². The molecule has 1 N–H and O–H groups in total. The predicted molar refractivity (Wildman–Crippen MR) is 89.9 cm³/mol. The number of amides is 2. The second-order valence-electron chi connectivity index (χ2n) is 4.55. The average molecular weight is 387 g/mol. The Morgan fingerprint density at radius 1 is 1.24 bits per heavy atom. The van der Waals surface area contributed by atoms with E-state index in [2.05, 4.69) is 21.2 Å². The van der Waals surface area contributed by atoms with E-state index in [1.165, 1.54) is 11.3 Å². The molecule has 0 fully saturated rings. The molecule has 0 aliphatic rings. The molecule has 7 heteroatoms. The number of aryl methyl sites for hydroxylation is 1. The molecule has 21 heavy (non-hydrogen) atoms. The van der Waals surface area contributed by atoms with Gasteiger partial charge in [0, 0.05) is 16.8 Å². The van der Waals surface area contributed by atoms with Gasteiger partial charge in [-0.2, -0.15) is 0 Å². The van der Waals surface area contributed by atoms with Crippen molar-refractivity contribution in [1.82, 2.24) is 10.2 Å². The van der Waals surface area contributed by atoms with E-state index in [1.54, 1.807) is 29.4 Å². The molecule has 112 valence electrons. The lowest BCUT2D eigenvalue weighted by Gasteiger charge is -2.16. The summed E-state index contributed by atoms with van der Waals surface area (Å²) in [4.78, 5) is 28.3. The van der Waals surface area contributed by atoms with Crippen molar-refractivity contribution in [3.8, 4) is 0 Å². The zero-order chi connectivity index (χ0) is 15.4. The Labute approximate surface area is 139 Å². The molecule has 0 saturated carbocycles. The molecule has 2 aromatic rings. The molecule has 0 unspecified atom stereocenters. The first-order valence-corrected chi connectivity index (χ1v) is 8.71. The standard InChI is InChI=1S/C14H15BrN2O2S2/c1-9-3-5-11(20-9)14(19)16-7-13(18)17(2)8-10-4-6-12(15)21-10/h3-6H,7-8H2,1-2H3,(H,16,19). The van der Waals surface area contributed by atoms with Gasteiger partial charge < -0.3 is 10.2 Å². The van der Waals surface area contributed by atoms with Crippen molar-refractivity contribution < 1.29 is 9.59 Å². The lowest BCUT2D eigenvalue weighted by molar-refractivity contribution is -0.129. The quantitative estimate of drug-likeness (QED) is 0.856. The molecule has 2 amide bonds. The highest BCUT2D eigenvalue weighted by atomic mass is 79.9. The van der Waals surface area contributed by atoms with Crippen LogP contribution in [0.25, 0.3) is 0 Å². The zero-order valence-corrected chi connectivity index (χ0v) is 14.9. The second-order valence-corrected chi connectivity index (χ2v) is 8.38. The highest BCUT2D eigenvalue weighted by Gasteiger charge is 2.13. The number of carbonyl (C=O) groups is 2. The fourth-order valence-electron chi connectivity index (χ4n) is 1.69. The molecular weight excluding hydrogens is 372 g/mol. The third-order valence-electron chi connectivity index (χ3n) is 2.81. The van der Waals surface area contributed by atoms with E-state index in [0.29, 0.717) is 11.4 Å². The van der Waals surface area contributed by atoms with Gasteiger partial charge in [-0.05, 0) is 47.1 Å². The summed E-state index contributed by atoms with van der Waals surface area (Å²) in [6, 6.07) is 7.60. The Kier molecular flexibility index (Phi) is 5.55. The van der Waals surface area contributed by atoms with Gasteiger partial charge in [0.15, 0.2) is 0 Å². The molecule has 0 atom stereocenters. The van der Waals surface area contributed by atoms with Crippen LogP contribution in [0.3, 0.4) is 0 Å². The summed E-state index contributed by atoms with van der Waals surface area (Å²) in [5.41, 5.74) is 0. The predicted octanol–water partition coefficient (Wildman–Crippen LogP) is 3.27. The minimum absolute atomic E-state index is 0.0127. The highest BCUT2D eigenvalue weighted by Crippen LogP contribution is 2.22. The van der Waals surface area contributed by atoms with E-state index in [-0.39, 0.29) is 18.4 Å². The molecule has 0 bridgehead atoms. The number of carbonyl (C=O) groups excluding carboxylic acids is 2. The van der Waals surface area contributed by atoms with E-state index in [1.807, 2.05) is 25.1 Å². The van der Waals surface area contributed by atoms with E-state index in [4.69, 9.17) is 0 Å². The zero-order valence-electron chi connectivity index (χ0n) is 11.7. The Balaban J connectivity index is 1.82. The molecule has 0 aliphatic heterocycles. The van der Waals surface area contributed by atoms with Gasteiger partial charge in [0.25, 0.3) is 5.91 Å². The lowest BCUT2D eigenvalue weighted by atomic mass is 10.4. The third kappa shape index (κ3) is 4.66. The number of thiophene rings is 2. The maximum Gasteiger partial charge on any atom is 0.261 e. The van der Waals surface area contributed by atoms with Crippen LogP contribution in [-0.2, 0) is 11.3 Å². The van der Waals surface area contributed by atoms with Crippen molar-refractivity contribution in [3.63, 3.8) is 0 Å². The van der Waals surface area contributed by atoms with Crippen LogP contribution >= 0.6 is 38.6 Å². The highest BCUT2D eigenvalue weighted by molar-refractivity contribution is 9.11. The molecule has 2 heterocycles. The maximum atomic E-state index is 12.0. The number of hydrogen-bond acceptors (Lipinski definition) is 4. The third-order valence-corrected chi connectivity index (χ3v) is 5.42. The van der Waals surface area contributed by atoms with E-state index < -0.39 is 0 Å². The Hall–Kier alpha value is -1.18. The summed E-state index contributed by atoms with van der Waals surface area (Å²) in [6.45, 7) is 2.50. The summed E-state index contributed by atoms with van der Waals surface area (Å²) in [6.07, 6.45) is 0. The summed E-state index contributed by atoms with van der Waals surface area (Å²) >= 11 is 6.41. The minimum Gasteiger partial charge on any atom is -0.342 e. The van der Waals surface area contributed by atoms with Crippen LogP contribution in [0, 0.1) is 6.92 Å². The average Bonchev–Trinajstić information content (AvgIpc) is 3.04. The SMILES string of the molecule is Cc1ccc(C(=O)NCC(=O)N(C)Cc2ccc(Br)s2)s1. The van der Waals surface area contributed by atoms with E-state index in [9.17, 15) is 9.59 Å². The first kappa shape index (κ1) is 16.2. The van der Waals surface area contributed by atoms with Crippen molar-refractivity contribution >= 4 is 50.4 Å². The second kappa shape index (κ2) is 7.20. The first-order chi connectivity index (χ1) is 9.95. The van der Waals surface area contributed by atoms with Gasteiger partial charge in [0.05, 0.1) is 21.8 Å². The molecule has 2 aromatic heterocycles. The summed E-state index contributed by atoms with van der Waals surface area (Å²) in [5.74, 6) is -0.310. The molecular formula is C14H15BrN2O2S2. The normalized spacial score (nSPS) is 10.4. The maximum absolute atomic E-state index is 12.0. The molecule has 2 rings (SSSR count). The summed E-state index contributed by atoms with van der Waals surface area (Å²) in [5, 5.41) is 2.66. The first-order valence-electron chi connectivity index (χ1n) is 6.28. The number of rotatable bonds is 5. The topological polar surface area (TPSA) is 49.4 Å². The van der Waals surface area contributed by atoms with Crippen LogP contribution in [0.15, 0.2) is 28.1 Å². The fourth-order valence-corrected chi connectivity index (χ4v) is 4.01. The van der Waals surface area contributed by atoms with Crippen LogP contribution in [0.1, 0.15) is 19.4 Å². The molecule has 0 saturated heterocycles. The van der Waals surface area contributed by atoms with E-state index in [0.717, 1.165) is 13.5 Å². The molecule has 0 spiro atoms. The number of halogens is 1. The van der Waals surface area contributed by atoms with Crippen molar-refractivity contribution in [2.75, 3.05) is 13.6 Å². The van der Waals surface area contributed by atoms with E-state index >= 15 is 0 Å². The van der Waals surface area contributed by atoms with Crippen LogP contribution in [0.2, 0.25) is 0 Å². The van der Waals surface area contributed by atoms with Gasteiger partial charge in [-0.1, -0.05) is 0 Å². The minimum atomic E-state index is -0.200. The molecule has 0 aromatic carbocycles. The smallest absolute Gasteiger partial charge is 0.261 e. The Morgan fingerprint density at radius 2 is 2.00 bits per heavy atom. The van der Waals surface area contributed by atoms with Gasteiger partial charge in [0.1, 0.15) is 0 Å². The number of likely N-dealkylation sites (N-methyl/N-ethyl adjacent to an activating group) is 1. The Morgan fingerprint density at radius 3 is 2.57 bits per heavy atom. The fraction of sp³-hybridized carbons (Fsp3) is 0.286. The van der Waals surface area contributed by atoms with Gasteiger partial charge in [0.2, 0.25) is 5.91 Å².